The summed E-state index contributed by atoms with van der Waals surface area (Å²) in [6, 6.07) is 0.545. The first-order valence-corrected chi connectivity index (χ1v) is 8.15. The van der Waals surface area contributed by atoms with Crippen LogP contribution in [0.3, 0.4) is 0 Å². The number of carbonyl (C=O) groups is 1. The Morgan fingerprint density at radius 2 is 1.68 bits per heavy atom. The predicted molar refractivity (Wildman–Crippen MR) is 76.8 cm³/mol. The van der Waals surface area contributed by atoms with E-state index in [4.69, 9.17) is 0 Å². The predicted octanol–water partition coefficient (Wildman–Crippen LogP) is 2.27. The van der Waals surface area contributed by atoms with Crippen LogP contribution in [0.5, 0.6) is 0 Å². The van der Waals surface area contributed by atoms with E-state index in [0.29, 0.717) is 18.5 Å². The Labute approximate surface area is 117 Å². The first-order valence-electron chi connectivity index (χ1n) is 8.15. The standard InChI is InChI=1S/C16H28N2O/c1-3-4-17-10-15(19)18(2)16-13-6-11-5-12(8-13)9-14(16)7-11/h11-14,16-17H,3-10H2,1-2H3. The van der Waals surface area contributed by atoms with Crippen molar-refractivity contribution in [3.05, 3.63) is 0 Å². The Hall–Kier alpha value is -0.570. The topological polar surface area (TPSA) is 32.3 Å². The molecule has 0 radical (unpaired) electrons. The zero-order valence-corrected chi connectivity index (χ0v) is 12.4. The molecule has 4 saturated carbocycles. The van der Waals surface area contributed by atoms with Crippen LogP contribution < -0.4 is 5.32 Å². The van der Waals surface area contributed by atoms with Gasteiger partial charge < -0.3 is 10.2 Å². The zero-order valence-electron chi connectivity index (χ0n) is 12.4. The number of hydrogen-bond donors (Lipinski definition) is 1. The van der Waals surface area contributed by atoms with Crippen LogP contribution in [0.4, 0.5) is 0 Å². The number of rotatable bonds is 5. The van der Waals surface area contributed by atoms with Crippen LogP contribution in [0.1, 0.15) is 45.4 Å². The smallest absolute Gasteiger partial charge is 0.236 e. The zero-order chi connectivity index (χ0) is 13.4. The van der Waals surface area contributed by atoms with Crippen molar-refractivity contribution in [2.75, 3.05) is 20.1 Å². The molecule has 0 aromatic heterocycles. The van der Waals surface area contributed by atoms with Gasteiger partial charge in [-0.25, -0.2) is 0 Å². The van der Waals surface area contributed by atoms with E-state index in [0.717, 1.165) is 36.6 Å². The second-order valence-corrected chi connectivity index (χ2v) is 7.10. The van der Waals surface area contributed by atoms with Crippen LogP contribution >= 0.6 is 0 Å². The molecule has 4 bridgehead atoms. The molecule has 4 aliphatic carbocycles. The van der Waals surface area contributed by atoms with Gasteiger partial charge in [-0.2, -0.15) is 0 Å². The number of carbonyl (C=O) groups excluding carboxylic acids is 1. The quantitative estimate of drug-likeness (QED) is 0.773. The molecular formula is C16H28N2O. The number of nitrogens with one attached hydrogen (secondary N) is 1. The van der Waals surface area contributed by atoms with Gasteiger partial charge in [-0.1, -0.05) is 6.92 Å². The van der Waals surface area contributed by atoms with Gasteiger partial charge in [0.05, 0.1) is 6.54 Å². The lowest BCUT2D eigenvalue weighted by molar-refractivity contribution is -0.140. The average molecular weight is 264 g/mol. The maximum absolute atomic E-state index is 12.3. The molecule has 19 heavy (non-hydrogen) atoms. The minimum Gasteiger partial charge on any atom is -0.341 e. The Morgan fingerprint density at radius 1 is 1.11 bits per heavy atom. The fraction of sp³-hybridized carbons (Fsp3) is 0.938. The Balaban J connectivity index is 1.60. The molecule has 0 aromatic rings. The van der Waals surface area contributed by atoms with E-state index in [1.54, 1.807) is 0 Å². The summed E-state index contributed by atoms with van der Waals surface area (Å²) in [7, 11) is 2.04. The van der Waals surface area contributed by atoms with Crippen LogP contribution in [0.2, 0.25) is 0 Å². The Kier molecular flexibility index (Phi) is 3.84. The third kappa shape index (κ3) is 2.54. The van der Waals surface area contributed by atoms with Gasteiger partial charge in [0.25, 0.3) is 0 Å². The molecule has 3 heteroatoms. The molecular weight excluding hydrogens is 236 g/mol. The van der Waals surface area contributed by atoms with Crippen molar-refractivity contribution < 1.29 is 4.79 Å². The third-order valence-corrected chi connectivity index (χ3v) is 5.72. The molecule has 4 fully saturated rings. The average Bonchev–Trinajstić information content (AvgIpc) is 2.37. The number of amides is 1. The Bertz CT molecular complexity index is 314. The van der Waals surface area contributed by atoms with E-state index < -0.39 is 0 Å². The van der Waals surface area contributed by atoms with E-state index in [9.17, 15) is 4.79 Å². The highest BCUT2D eigenvalue weighted by atomic mass is 16.2. The van der Waals surface area contributed by atoms with Gasteiger partial charge in [0.15, 0.2) is 0 Å². The molecule has 108 valence electrons. The van der Waals surface area contributed by atoms with E-state index in [1.165, 1.54) is 32.1 Å². The van der Waals surface area contributed by atoms with Crippen molar-refractivity contribution in [3.63, 3.8) is 0 Å². The minimum atomic E-state index is 0.297. The lowest BCUT2D eigenvalue weighted by atomic mass is 9.54. The molecule has 4 aliphatic rings. The summed E-state index contributed by atoms with van der Waals surface area (Å²) in [6.07, 6.45) is 8.12. The Morgan fingerprint density at radius 3 is 2.21 bits per heavy atom. The van der Waals surface area contributed by atoms with E-state index in [2.05, 4.69) is 17.1 Å². The normalized spacial score (nSPS) is 39.6. The molecule has 4 rings (SSSR count). The lowest BCUT2D eigenvalue weighted by Gasteiger charge is -2.56. The van der Waals surface area contributed by atoms with E-state index >= 15 is 0 Å². The van der Waals surface area contributed by atoms with Crippen molar-refractivity contribution in [1.29, 1.82) is 0 Å². The summed E-state index contributed by atoms with van der Waals surface area (Å²) in [5.41, 5.74) is 0. The number of hydrogen-bond acceptors (Lipinski definition) is 2. The summed E-state index contributed by atoms with van der Waals surface area (Å²) in [6.45, 7) is 3.60. The maximum atomic E-state index is 12.3. The highest BCUT2D eigenvalue weighted by Gasteiger charge is 2.50. The summed E-state index contributed by atoms with van der Waals surface area (Å²) in [4.78, 5) is 14.4. The summed E-state index contributed by atoms with van der Waals surface area (Å²) < 4.78 is 0. The fourth-order valence-corrected chi connectivity index (χ4v) is 5.19. The molecule has 3 nitrogen and oxygen atoms in total. The summed E-state index contributed by atoms with van der Waals surface area (Å²) in [5, 5.41) is 3.25. The van der Waals surface area contributed by atoms with Crippen LogP contribution in [0, 0.1) is 23.7 Å². The minimum absolute atomic E-state index is 0.297. The van der Waals surface area contributed by atoms with Crippen molar-refractivity contribution in [2.24, 2.45) is 23.7 Å². The first-order chi connectivity index (χ1) is 9.19. The molecule has 0 unspecified atom stereocenters. The molecule has 0 spiro atoms. The SMILES string of the molecule is CCCNCC(=O)N(C)C1C2CC3CC(C2)CC1C3. The van der Waals surface area contributed by atoms with Gasteiger partial charge in [-0.15, -0.1) is 0 Å². The lowest BCUT2D eigenvalue weighted by Crippen LogP contribution is -2.57. The van der Waals surface area contributed by atoms with Crippen LogP contribution in [0.25, 0.3) is 0 Å². The molecule has 0 saturated heterocycles. The van der Waals surface area contributed by atoms with Crippen molar-refractivity contribution in [2.45, 2.75) is 51.5 Å². The first kappa shape index (κ1) is 13.4. The molecule has 0 aliphatic heterocycles. The van der Waals surface area contributed by atoms with Gasteiger partial charge in [0.1, 0.15) is 0 Å². The van der Waals surface area contributed by atoms with Crippen LogP contribution in [-0.4, -0.2) is 37.0 Å². The van der Waals surface area contributed by atoms with Gasteiger partial charge in [0, 0.05) is 13.1 Å². The third-order valence-electron chi connectivity index (χ3n) is 5.72. The highest BCUT2D eigenvalue weighted by Crippen LogP contribution is 2.54. The van der Waals surface area contributed by atoms with Crippen LogP contribution in [-0.2, 0) is 4.79 Å². The monoisotopic (exact) mass is 264 g/mol. The van der Waals surface area contributed by atoms with E-state index in [-0.39, 0.29) is 0 Å². The van der Waals surface area contributed by atoms with Crippen molar-refractivity contribution in [1.82, 2.24) is 10.2 Å². The molecule has 1 N–H and O–H groups in total. The van der Waals surface area contributed by atoms with Gasteiger partial charge in [-0.3, -0.25) is 4.79 Å². The highest BCUT2D eigenvalue weighted by molar-refractivity contribution is 5.78. The molecule has 0 heterocycles. The number of nitrogens with zero attached hydrogens (tertiary/aromatic N) is 1. The van der Waals surface area contributed by atoms with Gasteiger partial charge in [0.2, 0.25) is 5.91 Å². The second kappa shape index (κ2) is 5.43. The fourth-order valence-electron chi connectivity index (χ4n) is 5.19. The summed E-state index contributed by atoms with van der Waals surface area (Å²) >= 11 is 0. The molecule has 1 amide bonds. The van der Waals surface area contributed by atoms with Gasteiger partial charge in [-0.05, 0) is 68.7 Å². The molecule has 0 atom stereocenters. The largest absolute Gasteiger partial charge is 0.341 e. The number of likely N-dealkylation sites (N-methyl/N-ethyl adjacent to an activating group) is 1. The molecule has 0 aromatic carbocycles. The maximum Gasteiger partial charge on any atom is 0.236 e. The van der Waals surface area contributed by atoms with Crippen molar-refractivity contribution >= 4 is 5.91 Å². The van der Waals surface area contributed by atoms with Gasteiger partial charge >= 0.3 is 0 Å². The second-order valence-electron chi connectivity index (χ2n) is 7.10. The van der Waals surface area contributed by atoms with E-state index in [1.807, 2.05) is 7.05 Å². The van der Waals surface area contributed by atoms with Crippen molar-refractivity contribution in [3.8, 4) is 0 Å². The van der Waals surface area contributed by atoms with Crippen LogP contribution in [0.15, 0.2) is 0 Å². The summed E-state index contributed by atoms with van der Waals surface area (Å²) in [5.74, 6) is 3.87.